The van der Waals surface area contributed by atoms with Gasteiger partial charge in [0, 0.05) is 12.0 Å². The number of carbonyl (C=O) groups excluding carboxylic acids is 1. The van der Waals surface area contributed by atoms with E-state index in [9.17, 15) is 4.79 Å². The third kappa shape index (κ3) is 7.12. The van der Waals surface area contributed by atoms with Crippen molar-refractivity contribution in [3.8, 4) is 0 Å². The van der Waals surface area contributed by atoms with Crippen molar-refractivity contribution in [2.45, 2.75) is 58.5 Å². The lowest BCUT2D eigenvalue weighted by atomic mass is 10.1. The standard InChI is InChI=1S/C17H26O2/c1-3-4-5-7-10-15(2)19-14-13-17(18)16-11-8-6-9-12-16/h6,8-9,11-12,15H,3-5,7,10,13-14H2,1-2H3. The molecule has 0 saturated carbocycles. The van der Waals surface area contributed by atoms with Crippen LogP contribution in [0.25, 0.3) is 0 Å². The van der Waals surface area contributed by atoms with Gasteiger partial charge in [0.05, 0.1) is 12.7 Å². The van der Waals surface area contributed by atoms with Gasteiger partial charge in [0.25, 0.3) is 0 Å². The average Bonchev–Trinajstić information content (AvgIpc) is 2.44. The predicted octanol–water partition coefficient (Wildman–Crippen LogP) is 4.63. The maximum atomic E-state index is 11.8. The van der Waals surface area contributed by atoms with Crippen LogP contribution in [-0.4, -0.2) is 18.5 Å². The third-order valence-corrected chi connectivity index (χ3v) is 3.29. The molecule has 0 heterocycles. The van der Waals surface area contributed by atoms with Crippen LogP contribution in [-0.2, 0) is 4.74 Å². The molecule has 0 bridgehead atoms. The second kappa shape index (κ2) is 9.74. The molecule has 0 amide bonds. The van der Waals surface area contributed by atoms with E-state index in [1.807, 2.05) is 30.3 Å². The van der Waals surface area contributed by atoms with Gasteiger partial charge in [-0.05, 0) is 13.3 Å². The van der Waals surface area contributed by atoms with Crippen LogP contribution in [0.15, 0.2) is 30.3 Å². The highest BCUT2D eigenvalue weighted by atomic mass is 16.5. The van der Waals surface area contributed by atoms with Gasteiger partial charge in [0.2, 0.25) is 0 Å². The van der Waals surface area contributed by atoms with Crippen LogP contribution in [0.3, 0.4) is 0 Å². The van der Waals surface area contributed by atoms with Crippen LogP contribution < -0.4 is 0 Å². The molecule has 1 rings (SSSR count). The summed E-state index contributed by atoms with van der Waals surface area (Å²) in [6.07, 6.45) is 6.91. The predicted molar refractivity (Wildman–Crippen MR) is 79.6 cm³/mol. The van der Waals surface area contributed by atoms with E-state index in [2.05, 4.69) is 13.8 Å². The summed E-state index contributed by atoms with van der Waals surface area (Å²) in [5.74, 6) is 0.166. The number of carbonyl (C=O) groups is 1. The summed E-state index contributed by atoms with van der Waals surface area (Å²) < 4.78 is 5.69. The molecule has 2 nitrogen and oxygen atoms in total. The van der Waals surface area contributed by atoms with Crippen molar-refractivity contribution >= 4 is 5.78 Å². The molecule has 0 aliphatic heterocycles. The summed E-state index contributed by atoms with van der Waals surface area (Å²) in [4.78, 5) is 11.8. The molecule has 0 N–H and O–H groups in total. The van der Waals surface area contributed by atoms with Crippen LogP contribution >= 0.6 is 0 Å². The minimum atomic E-state index is 0.166. The fourth-order valence-corrected chi connectivity index (χ4v) is 2.06. The zero-order chi connectivity index (χ0) is 13.9. The Bertz CT molecular complexity index is 346. The van der Waals surface area contributed by atoms with E-state index in [1.165, 1.54) is 25.7 Å². The SMILES string of the molecule is CCCCCCC(C)OCCC(=O)c1ccccc1. The first-order valence-corrected chi connectivity index (χ1v) is 7.44. The first-order valence-electron chi connectivity index (χ1n) is 7.44. The molecule has 0 spiro atoms. The van der Waals surface area contributed by atoms with Crippen molar-refractivity contribution in [2.75, 3.05) is 6.61 Å². The summed E-state index contributed by atoms with van der Waals surface area (Å²) in [6, 6.07) is 9.42. The Morgan fingerprint density at radius 3 is 2.58 bits per heavy atom. The van der Waals surface area contributed by atoms with E-state index < -0.39 is 0 Å². The van der Waals surface area contributed by atoms with Gasteiger partial charge in [-0.1, -0.05) is 62.9 Å². The van der Waals surface area contributed by atoms with Crippen LogP contribution in [0.5, 0.6) is 0 Å². The molecule has 0 aliphatic rings. The lowest BCUT2D eigenvalue weighted by molar-refractivity contribution is 0.0532. The van der Waals surface area contributed by atoms with Crippen LogP contribution in [0, 0.1) is 0 Å². The van der Waals surface area contributed by atoms with Gasteiger partial charge in [-0.2, -0.15) is 0 Å². The zero-order valence-corrected chi connectivity index (χ0v) is 12.2. The molecule has 106 valence electrons. The van der Waals surface area contributed by atoms with Crippen molar-refractivity contribution in [1.82, 2.24) is 0 Å². The van der Waals surface area contributed by atoms with Crippen molar-refractivity contribution < 1.29 is 9.53 Å². The smallest absolute Gasteiger partial charge is 0.165 e. The van der Waals surface area contributed by atoms with Gasteiger partial charge in [-0.15, -0.1) is 0 Å². The summed E-state index contributed by atoms with van der Waals surface area (Å²) in [5.41, 5.74) is 0.779. The number of ketones is 1. The first kappa shape index (κ1) is 15.9. The van der Waals surface area contributed by atoms with Gasteiger partial charge in [-0.25, -0.2) is 0 Å². The fraction of sp³-hybridized carbons (Fsp3) is 0.588. The van der Waals surface area contributed by atoms with Crippen molar-refractivity contribution in [2.24, 2.45) is 0 Å². The Labute approximate surface area is 117 Å². The molecule has 0 radical (unpaired) electrons. The molecular weight excluding hydrogens is 236 g/mol. The molecule has 1 aromatic rings. The van der Waals surface area contributed by atoms with Gasteiger partial charge < -0.3 is 4.74 Å². The minimum absolute atomic E-state index is 0.166. The van der Waals surface area contributed by atoms with Crippen LogP contribution in [0.2, 0.25) is 0 Å². The lowest BCUT2D eigenvalue weighted by Gasteiger charge is -2.12. The van der Waals surface area contributed by atoms with Crippen molar-refractivity contribution in [1.29, 1.82) is 0 Å². The second-order valence-corrected chi connectivity index (χ2v) is 5.07. The Morgan fingerprint density at radius 2 is 1.89 bits per heavy atom. The Kier molecular flexibility index (Phi) is 8.15. The van der Waals surface area contributed by atoms with Crippen LogP contribution in [0.1, 0.15) is 62.7 Å². The molecule has 0 aromatic heterocycles. The number of Topliss-reactive ketones (excluding diaryl/α,β-unsaturated/α-hetero) is 1. The van der Waals surface area contributed by atoms with E-state index in [0.29, 0.717) is 13.0 Å². The highest BCUT2D eigenvalue weighted by Crippen LogP contribution is 2.09. The molecule has 0 saturated heterocycles. The second-order valence-electron chi connectivity index (χ2n) is 5.07. The fourth-order valence-electron chi connectivity index (χ4n) is 2.06. The molecule has 1 unspecified atom stereocenters. The van der Waals surface area contributed by atoms with Gasteiger partial charge in [-0.3, -0.25) is 4.79 Å². The summed E-state index contributed by atoms with van der Waals surface area (Å²) in [6.45, 7) is 4.84. The van der Waals surface area contributed by atoms with Crippen molar-refractivity contribution in [3.05, 3.63) is 35.9 Å². The summed E-state index contributed by atoms with van der Waals surface area (Å²) >= 11 is 0. The van der Waals surface area contributed by atoms with Gasteiger partial charge >= 0.3 is 0 Å². The number of benzene rings is 1. The topological polar surface area (TPSA) is 26.3 Å². The average molecular weight is 262 g/mol. The Balaban J connectivity index is 2.11. The molecule has 1 atom stereocenters. The summed E-state index contributed by atoms with van der Waals surface area (Å²) in [5, 5.41) is 0. The lowest BCUT2D eigenvalue weighted by Crippen LogP contribution is -2.12. The van der Waals surface area contributed by atoms with E-state index in [1.54, 1.807) is 0 Å². The summed E-state index contributed by atoms with van der Waals surface area (Å²) in [7, 11) is 0. The van der Waals surface area contributed by atoms with Crippen molar-refractivity contribution in [3.63, 3.8) is 0 Å². The molecule has 2 heteroatoms. The number of rotatable bonds is 10. The molecule has 0 aliphatic carbocycles. The molecular formula is C17H26O2. The highest BCUT2D eigenvalue weighted by Gasteiger charge is 2.07. The maximum absolute atomic E-state index is 11.8. The zero-order valence-electron chi connectivity index (χ0n) is 12.2. The third-order valence-electron chi connectivity index (χ3n) is 3.29. The first-order chi connectivity index (χ1) is 9.24. The van der Waals surface area contributed by atoms with E-state index in [-0.39, 0.29) is 11.9 Å². The van der Waals surface area contributed by atoms with E-state index in [4.69, 9.17) is 4.74 Å². The largest absolute Gasteiger partial charge is 0.378 e. The number of hydrogen-bond acceptors (Lipinski definition) is 2. The monoisotopic (exact) mass is 262 g/mol. The normalized spacial score (nSPS) is 12.3. The quantitative estimate of drug-likeness (QED) is 0.454. The number of hydrogen-bond donors (Lipinski definition) is 0. The van der Waals surface area contributed by atoms with Crippen LogP contribution in [0.4, 0.5) is 0 Å². The van der Waals surface area contributed by atoms with E-state index >= 15 is 0 Å². The Morgan fingerprint density at radius 1 is 1.16 bits per heavy atom. The number of unbranched alkanes of at least 4 members (excludes halogenated alkanes) is 3. The molecule has 1 aromatic carbocycles. The van der Waals surface area contributed by atoms with E-state index in [0.717, 1.165) is 12.0 Å². The maximum Gasteiger partial charge on any atom is 0.165 e. The Hall–Kier alpha value is -1.15. The molecule has 0 fully saturated rings. The number of ether oxygens (including phenoxy) is 1. The minimum Gasteiger partial charge on any atom is -0.378 e. The molecule has 19 heavy (non-hydrogen) atoms. The van der Waals surface area contributed by atoms with Gasteiger partial charge in [0.1, 0.15) is 0 Å². The highest BCUT2D eigenvalue weighted by molar-refractivity contribution is 5.96. The van der Waals surface area contributed by atoms with Gasteiger partial charge in [0.15, 0.2) is 5.78 Å².